The Morgan fingerprint density at radius 3 is 1.94 bits per heavy atom. The molecule has 0 fully saturated rings. The molecule has 178 valence electrons. The van der Waals surface area contributed by atoms with Gasteiger partial charge in [-0.3, -0.25) is 4.31 Å². The summed E-state index contributed by atoms with van der Waals surface area (Å²) < 4.78 is 30.6. The SMILES string of the molecule is Cc1ccc(S(=O)(=O)N(CC(O)Cn2c3ccccc3c3ccccc32)c2ccc(Cl)cc2)cc1. The number of halogens is 1. The van der Waals surface area contributed by atoms with Gasteiger partial charge in [0.05, 0.1) is 29.8 Å². The lowest BCUT2D eigenvalue weighted by atomic mass is 10.2. The average Bonchev–Trinajstić information content (AvgIpc) is 3.17. The molecule has 35 heavy (non-hydrogen) atoms. The fourth-order valence-electron chi connectivity index (χ4n) is 4.45. The number of fused-ring (bicyclic) bond motifs is 3. The van der Waals surface area contributed by atoms with Crippen LogP contribution in [0.15, 0.2) is 102 Å². The van der Waals surface area contributed by atoms with Crippen LogP contribution in [-0.2, 0) is 16.6 Å². The molecular formula is C28H25ClN2O3S. The van der Waals surface area contributed by atoms with Gasteiger partial charge in [-0.25, -0.2) is 8.42 Å². The standard InChI is InChI=1S/C28H25ClN2O3S/c1-20-10-16-24(17-11-20)35(33,34)31(22-14-12-21(29)13-15-22)19-23(32)18-30-27-8-4-2-6-25(27)26-7-3-5-9-28(26)30/h2-17,23,32H,18-19H2,1H3. The number of para-hydroxylation sites is 2. The predicted octanol–water partition coefficient (Wildman–Crippen LogP) is 6.01. The van der Waals surface area contributed by atoms with Crippen molar-refractivity contribution in [2.24, 2.45) is 0 Å². The first kappa shape index (κ1) is 23.4. The summed E-state index contributed by atoms with van der Waals surface area (Å²) in [5.41, 5.74) is 3.39. The topological polar surface area (TPSA) is 62.5 Å². The summed E-state index contributed by atoms with van der Waals surface area (Å²) in [6, 6.07) is 29.4. The van der Waals surface area contributed by atoms with Crippen LogP contribution in [0.25, 0.3) is 21.8 Å². The lowest BCUT2D eigenvalue weighted by Crippen LogP contribution is -2.39. The normalized spacial score (nSPS) is 12.8. The molecule has 0 aliphatic rings. The first-order valence-electron chi connectivity index (χ1n) is 11.3. The van der Waals surface area contributed by atoms with Gasteiger partial charge in [-0.15, -0.1) is 0 Å². The van der Waals surface area contributed by atoms with E-state index in [1.54, 1.807) is 48.5 Å². The van der Waals surface area contributed by atoms with Gasteiger partial charge in [0.15, 0.2) is 0 Å². The molecule has 7 heteroatoms. The van der Waals surface area contributed by atoms with Crippen molar-refractivity contribution in [3.05, 3.63) is 108 Å². The van der Waals surface area contributed by atoms with Crippen molar-refractivity contribution >= 4 is 49.1 Å². The molecule has 0 saturated carbocycles. The third-order valence-corrected chi connectivity index (χ3v) is 8.23. The fourth-order valence-corrected chi connectivity index (χ4v) is 6.08. The molecule has 5 rings (SSSR count). The van der Waals surface area contributed by atoms with Crippen LogP contribution in [-0.4, -0.2) is 30.7 Å². The minimum Gasteiger partial charge on any atom is -0.389 e. The lowest BCUT2D eigenvalue weighted by Gasteiger charge is -2.27. The Morgan fingerprint density at radius 1 is 0.829 bits per heavy atom. The molecular weight excluding hydrogens is 480 g/mol. The number of hydrogen-bond acceptors (Lipinski definition) is 3. The Bertz CT molecular complexity index is 1540. The van der Waals surface area contributed by atoms with Gasteiger partial charge >= 0.3 is 0 Å². The Balaban J connectivity index is 1.53. The summed E-state index contributed by atoms with van der Waals surface area (Å²) in [6.07, 6.45) is -0.967. The minimum absolute atomic E-state index is 0.112. The van der Waals surface area contributed by atoms with E-state index in [0.29, 0.717) is 10.7 Å². The molecule has 4 aromatic carbocycles. The third kappa shape index (κ3) is 4.52. The number of aliphatic hydroxyl groups is 1. The number of aryl methyl sites for hydroxylation is 1. The largest absolute Gasteiger partial charge is 0.389 e. The van der Waals surface area contributed by atoms with Crippen molar-refractivity contribution in [1.29, 1.82) is 0 Å². The van der Waals surface area contributed by atoms with Gasteiger partial charge in [0.25, 0.3) is 10.0 Å². The van der Waals surface area contributed by atoms with Crippen LogP contribution in [0.1, 0.15) is 5.56 Å². The molecule has 5 aromatic rings. The fraction of sp³-hybridized carbons (Fsp3) is 0.143. The number of nitrogens with zero attached hydrogens (tertiary/aromatic N) is 2. The number of rotatable bonds is 7. The molecule has 1 aromatic heterocycles. The van der Waals surface area contributed by atoms with E-state index in [0.717, 1.165) is 27.4 Å². The summed E-state index contributed by atoms with van der Waals surface area (Å²) in [4.78, 5) is 0.169. The monoisotopic (exact) mass is 504 g/mol. The van der Waals surface area contributed by atoms with Crippen LogP contribution >= 0.6 is 11.6 Å². The second-order valence-corrected chi connectivity index (χ2v) is 10.9. The highest BCUT2D eigenvalue weighted by molar-refractivity contribution is 7.92. The molecule has 1 N–H and O–H groups in total. The zero-order valence-electron chi connectivity index (χ0n) is 19.2. The quantitative estimate of drug-likeness (QED) is 0.295. The number of aliphatic hydroxyl groups excluding tert-OH is 1. The lowest BCUT2D eigenvalue weighted by molar-refractivity contribution is 0.166. The zero-order valence-corrected chi connectivity index (χ0v) is 20.7. The van der Waals surface area contributed by atoms with E-state index in [-0.39, 0.29) is 18.0 Å². The minimum atomic E-state index is -3.92. The molecule has 0 aliphatic heterocycles. The molecule has 0 bridgehead atoms. The third-order valence-electron chi connectivity index (χ3n) is 6.17. The van der Waals surface area contributed by atoms with Crippen molar-refractivity contribution < 1.29 is 13.5 Å². The summed E-state index contributed by atoms with van der Waals surface area (Å²) >= 11 is 6.06. The molecule has 1 heterocycles. The first-order valence-corrected chi connectivity index (χ1v) is 13.2. The van der Waals surface area contributed by atoms with Crippen LogP contribution < -0.4 is 4.31 Å². The Morgan fingerprint density at radius 2 is 1.37 bits per heavy atom. The smallest absolute Gasteiger partial charge is 0.264 e. The van der Waals surface area contributed by atoms with Gasteiger partial charge in [-0.05, 0) is 55.5 Å². The Hall–Kier alpha value is -3.32. The van der Waals surface area contributed by atoms with Gasteiger partial charge in [0.1, 0.15) is 0 Å². The van der Waals surface area contributed by atoms with Gasteiger partial charge in [0, 0.05) is 26.8 Å². The highest BCUT2D eigenvalue weighted by Gasteiger charge is 2.28. The molecule has 1 unspecified atom stereocenters. The van der Waals surface area contributed by atoms with Gasteiger partial charge in [-0.2, -0.15) is 0 Å². The van der Waals surface area contributed by atoms with Gasteiger partial charge in [0.2, 0.25) is 0 Å². The number of benzene rings is 4. The second-order valence-electron chi connectivity index (χ2n) is 8.62. The van der Waals surface area contributed by atoms with Crippen molar-refractivity contribution in [3.8, 4) is 0 Å². The summed E-state index contributed by atoms with van der Waals surface area (Å²) in [7, 11) is -3.92. The molecule has 0 aliphatic carbocycles. The second kappa shape index (κ2) is 9.38. The van der Waals surface area contributed by atoms with E-state index in [1.807, 2.05) is 47.9 Å². The summed E-state index contributed by atoms with van der Waals surface area (Å²) in [5.74, 6) is 0. The molecule has 0 radical (unpaired) electrons. The van der Waals surface area contributed by atoms with Gasteiger partial charge in [-0.1, -0.05) is 65.7 Å². The first-order chi connectivity index (χ1) is 16.8. The molecule has 1 atom stereocenters. The van der Waals surface area contributed by atoms with E-state index in [1.165, 1.54) is 4.31 Å². The summed E-state index contributed by atoms with van der Waals surface area (Å²) in [5, 5.41) is 13.9. The van der Waals surface area contributed by atoms with Crippen molar-refractivity contribution in [2.45, 2.75) is 24.5 Å². The predicted molar refractivity (Wildman–Crippen MR) is 143 cm³/mol. The molecule has 0 spiro atoms. The van der Waals surface area contributed by atoms with E-state index < -0.39 is 16.1 Å². The zero-order chi connectivity index (χ0) is 24.6. The maximum absolute atomic E-state index is 13.7. The maximum atomic E-state index is 13.7. The molecule has 5 nitrogen and oxygen atoms in total. The Kier molecular flexibility index (Phi) is 6.28. The number of hydrogen-bond donors (Lipinski definition) is 1. The van der Waals surface area contributed by atoms with Gasteiger partial charge < -0.3 is 9.67 Å². The van der Waals surface area contributed by atoms with Crippen LogP contribution in [0.4, 0.5) is 5.69 Å². The molecule has 0 amide bonds. The van der Waals surface area contributed by atoms with Crippen molar-refractivity contribution in [2.75, 3.05) is 10.8 Å². The number of sulfonamides is 1. The Labute approximate surface area is 209 Å². The van der Waals surface area contributed by atoms with Crippen molar-refractivity contribution in [1.82, 2.24) is 4.57 Å². The highest BCUT2D eigenvalue weighted by Crippen LogP contribution is 2.30. The molecule has 0 saturated heterocycles. The van der Waals surface area contributed by atoms with Crippen LogP contribution in [0.5, 0.6) is 0 Å². The van der Waals surface area contributed by atoms with E-state index in [4.69, 9.17) is 11.6 Å². The average molecular weight is 505 g/mol. The number of anilines is 1. The van der Waals surface area contributed by atoms with Crippen LogP contribution in [0, 0.1) is 6.92 Å². The van der Waals surface area contributed by atoms with E-state index in [2.05, 4.69) is 12.1 Å². The maximum Gasteiger partial charge on any atom is 0.264 e. The van der Waals surface area contributed by atoms with E-state index in [9.17, 15) is 13.5 Å². The van der Waals surface area contributed by atoms with Crippen LogP contribution in [0.2, 0.25) is 5.02 Å². The number of aromatic nitrogens is 1. The van der Waals surface area contributed by atoms with E-state index >= 15 is 0 Å². The van der Waals surface area contributed by atoms with Crippen LogP contribution in [0.3, 0.4) is 0 Å². The highest BCUT2D eigenvalue weighted by atomic mass is 35.5. The summed E-state index contributed by atoms with van der Waals surface area (Å²) in [6.45, 7) is 2.03. The van der Waals surface area contributed by atoms with Crippen molar-refractivity contribution in [3.63, 3.8) is 0 Å².